The van der Waals surface area contributed by atoms with Gasteiger partial charge in [-0.2, -0.15) is 0 Å². The standard InChI is InChI=1S/C16H30O2/c1-2-10-14-13-15(14)11-8-6-4-3-5-7-9-12-16(17)18/h14-15H,2-13H2,1H3,(H,17,18)/t14-,15+/m0/s1. The second kappa shape index (κ2) is 9.41. The van der Waals surface area contributed by atoms with E-state index < -0.39 is 5.97 Å². The van der Waals surface area contributed by atoms with Crippen molar-refractivity contribution in [2.24, 2.45) is 11.8 Å². The van der Waals surface area contributed by atoms with E-state index in [1.165, 1.54) is 57.8 Å². The summed E-state index contributed by atoms with van der Waals surface area (Å²) in [5.41, 5.74) is 0. The van der Waals surface area contributed by atoms with Crippen LogP contribution in [0.3, 0.4) is 0 Å². The summed E-state index contributed by atoms with van der Waals surface area (Å²) in [7, 11) is 0. The van der Waals surface area contributed by atoms with E-state index in [0.29, 0.717) is 6.42 Å². The first-order valence-electron chi connectivity index (χ1n) is 7.95. The topological polar surface area (TPSA) is 37.3 Å². The third-order valence-electron chi connectivity index (χ3n) is 4.19. The molecule has 1 fully saturated rings. The van der Waals surface area contributed by atoms with Crippen LogP contribution in [0.2, 0.25) is 0 Å². The van der Waals surface area contributed by atoms with Crippen LogP contribution >= 0.6 is 0 Å². The average Bonchev–Trinajstić information content (AvgIpc) is 3.05. The van der Waals surface area contributed by atoms with Crippen LogP contribution in [0.1, 0.15) is 84.0 Å². The minimum atomic E-state index is -0.652. The van der Waals surface area contributed by atoms with Crippen molar-refractivity contribution in [3.05, 3.63) is 0 Å². The molecule has 106 valence electrons. The van der Waals surface area contributed by atoms with Gasteiger partial charge in [0.1, 0.15) is 0 Å². The van der Waals surface area contributed by atoms with Gasteiger partial charge in [0.2, 0.25) is 0 Å². The summed E-state index contributed by atoms with van der Waals surface area (Å²) in [6.07, 6.45) is 14.7. The lowest BCUT2D eigenvalue weighted by Crippen LogP contribution is -1.93. The SMILES string of the molecule is CCC[C@H]1C[C@H]1CCCCCCCCCC(=O)O. The molecule has 0 spiro atoms. The molecule has 0 radical (unpaired) electrons. The molecule has 0 bridgehead atoms. The molecule has 0 aromatic carbocycles. The van der Waals surface area contributed by atoms with Crippen molar-refractivity contribution in [3.8, 4) is 0 Å². The van der Waals surface area contributed by atoms with E-state index in [-0.39, 0.29) is 0 Å². The molecule has 18 heavy (non-hydrogen) atoms. The summed E-state index contributed by atoms with van der Waals surface area (Å²) in [6, 6.07) is 0. The van der Waals surface area contributed by atoms with Crippen LogP contribution in [0, 0.1) is 11.8 Å². The number of unbranched alkanes of at least 4 members (excludes halogenated alkanes) is 6. The Morgan fingerprint density at radius 3 is 2.11 bits per heavy atom. The van der Waals surface area contributed by atoms with Crippen molar-refractivity contribution in [3.63, 3.8) is 0 Å². The van der Waals surface area contributed by atoms with E-state index in [0.717, 1.165) is 24.7 Å². The fourth-order valence-electron chi connectivity index (χ4n) is 2.95. The van der Waals surface area contributed by atoms with Gasteiger partial charge in [-0.15, -0.1) is 0 Å². The first-order valence-corrected chi connectivity index (χ1v) is 7.95. The molecule has 1 aliphatic rings. The highest BCUT2D eigenvalue weighted by Gasteiger charge is 2.34. The Bertz CT molecular complexity index is 225. The van der Waals surface area contributed by atoms with Gasteiger partial charge in [-0.25, -0.2) is 0 Å². The molecule has 0 aliphatic heterocycles. The van der Waals surface area contributed by atoms with Crippen molar-refractivity contribution in [2.75, 3.05) is 0 Å². The molecular formula is C16H30O2. The Labute approximate surface area is 112 Å². The van der Waals surface area contributed by atoms with E-state index in [1.807, 2.05) is 0 Å². The number of carbonyl (C=O) groups is 1. The molecule has 0 amide bonds. The minimum absolute atomic E-state index is 0.348. The third-order valence-corrected chi connectivity index (χ3v) is 4.19. The summed E-state index contributed by atoms with van der Waals surface area (Å²) < 4.78 is 0. The monoisotopic (exact) mass is 254 g/mol. The summed E-state index contributed by atoms with van der Waals surface area (Å²) in [5.74, 6) is 1.49. The summed E-state index contributed by atoms with van der Waals surface area (Å²) in [5, 5.41) is 8.50. The second-order valence-corrected chi connectivity index (χ2v) is 5.95. The lowest BCUT2D eigenvalue weighted by molar-refractivity contribution is -0.137. The van der Waals surface area contributed by atoms with Gasteiger partial charge in [0.05, 0.1) is 0 Å². The van der Waals surface area contributed by atoms with Crippen LogP contribution in [-0.4, -0.2) is 11.1 Å². The lowest BCUT2D eigenvalue weighted by Gasteiger charge is -2.02. The van der Waals surface area contributed by atoms with E-state index in [1.54, 1.807) is 0 Å². The maximum Gasteiger partial charge on any atom is 0.303 e. The van der Waals surface area contributed by atoms with Crippen LogP contribution in [0.5, 0.6) is 0 Å². The predicted octanol–water partition coefficient (Wildman–Crippen LogP) is 5.02. The van der Waals surface area contributed by atoms with Gasteiger partial charge < -0.3 is 5.11 Å². The number of hydrogen-bond donors (Lipinski definition) is 1. The molecule has 0 aromatic heterocycles. The fraction of sp³-hybridized carbons (Fsp3) is 0.938. The summed E-state index contributed by atoms with van der Waals surface area (Å²) in [6.45, 7) is 2.29. The number of rotatable bonds is 12. The normalized spacial score (nSPS) is 22.1. The van der Waals surface area contributed by atoms with Crippen molar-refractivity contribution >= 4 is 5.97 Å². The third kappa shape index (κ3) is 7.73. The maximum atomic E-state index is 10.3. The molecule has 2 atom stereocenters. The highest BCUT2D eigenvalue weighted by Crippen LogP contribution is 2.45. The van der Waals surface area contributed by atoms with E-state index in [9.17, 15) is 4.79 Å². The van der Waals surface area contributed by atoms with Crippen molar-refractivity contribution in [1.29, 1.82) is 0 Å². The maximum absolute atomic E-state index is 10.3. The molecular weight excluding hydrogens is 224 g/mol. The van der Waals surface area contributed by atoms with Gasteiger partial charge in [0, 0.05) is 6.42 Å². The zero-order chi connectivity index (χ0) is 13.2. The number of carboxylic acids is 1. The quantitative estimate of drug-likeness (QED) is 0.497. The predicted molar refractivity (Wildman–Crippen MR) is 75.7 cm³/mol. The van der Waals surface area contributed by atoms with E-state index in [4.69, 9.17) is 5.11 Å². The second-order valence-electron chi connectivity index (χ2n) is 5.95. The Morgan fingerprint density at radius 1 is 0.944 bits per heavy atom. The van der Waals surface area contributed by atoms with Crippen molar-refractivity contribution in [1.82, 2.24) is 0 Å². The highest BCUT2D eigenvalue weighted by atomic mass is 16.4. The molecule has 0 heterocycles. The molecule has 2 heteroatoms. The fourth-order valence-corrected chi connectivity index (χ4v) is 2.95. The van der Waals surface area contributed by atoms with Crippen LogP contribution in [0.25, 0.3) is 0 Å². The Hall–Kier alpha value is -0.530. The average molecular weight is 254 g/mol. The van der Waals surface area contributed by atoms with Gasteiger partial charge in [-0.3, -0.25) is 4.79 Å². The zero-order valence-electron chi connectivity index (χ0n) is 12.0. The van der Waals surface area contributed by atoms with Gasteiger partial charge in [-0.05, 0) is 24.7 Å². The van der Waals surface area contributed by atoms with Crippen LogP contribution in [-0.2, 0) is 4.79 Å². The van der Waals surface area contributed by atoms with Crippen molar-refractivity contribution < 1.29 is 9.90 Å². The van der Waals surface area contributed by atoms with Crippen LogP contribution in [0.15, 0.2) is 0 Å². The molecule has 0 unspecified atom stereocenters. The smallest absolute Gasteiger partial charge is 0.303 e. The molecule has 2 nitrogen and oxygen atoms in total. The van der Waals surface area contributed by atoms with Gasteiger partial charge >= 0.3 is 5.97 Å². The number of aliphatic carboxylic acids is 1. The summed E-state index contributed by atoms with van der Waals surface area (Å²) in [4.78, 5) is 10.3. The molecule has 1 rings (SSSR count). The van der Waals surface area contributed by atoms with Crippen LogP contribution in [0.4, 0.5) is 0 Å². The largest absolute Gasteiger partial charge is 0.481 e. The Kier molecular flexibility index (Phi) is 8.11. The Morgan fingerprint density at radius 2 is 1.50 bits per heavy atom. The molecule has 1 N–H and O–H groups in total. The molecule has 1 aliphatic carbocycles. The van der Waals surface area contributed by atoms with Crippen molar-refractivity contribution in [2.45, 2.75) is 84.0 Å². The van der Waals surface area contributed by atoms with Gasteiger partial charge in [0.15, 0.2) is 0 Å². The summed E-state index contributed by atoms with van der Waals surface area (Å²) >= 11 is 0. The van der Waals surface area contributed by atoms with E-state index in [2.05, 4.69) is 6.92 Å². The first-order chi connectivity index (χ1) is 8.74. The van der Waals surface area contributed by atoms with E-state index >= 15 is 0 Å². The number of hydrogen-bond acceptors (Lipinski definition) is 1. The number of carboxylic acid groups (broad SMARTS) is 1. The lowest BCUT2D eigenvalue weighted by atomic mass is 10.0. The van der Waals surface area contributed by atoms with Gasteiger partial charge in [-0.1, -0.05) is 64.7 Å². The molecule has 0 saturated heterocycles. The molecule has 1 saturated carbocycles. The Balaban J connectivity index is 1.73. The van der Waals surface area contributed by atoms with Gasteiger partial charge in [0.25, 0.3) is 0 Å². The zero-order valence-corrected chi connectivity index (χ0v) is 12.0. The first kappa shape index (κ1) is 15.5. The minimum Gasteiger partial charge on any atom is -0.481 e. The van der Waals surface area contributed by atoms with Crippen LogP contribution < -0.4 is 0 Å². The molecule has 0 aromatic rings. The highest BCUT2D eigenvalue weighted by molar-refractivity contribution is 5.66.